The number of nitrogens with one attached hydrogen (secondary N) is 1. The van der Waals surface area contributed by atoms with Crippen LogP contribution in [0.2, 0.25) is 0 Å². The molecule has 3 fully saturated rings. The van der Waals surface area contributed by atoms with E-state index < -0.39 is 0 Å². The van der Waals surface area contributed by atoms with Crippen LogP contribution >= 0.6 is 0 Å². The van der Waals surface area contributed by atoms with Gasteiger partial charge < -0.3 is 10.2 Å². The Labute approximate surface area is 113 Å². The van der Waals surface area contributed by atoms with E-state index in [9.17, 15) is 0 Å². The van der Waals surface area contributed by atoms with E-state index in [4.69, 9.17) is 0 Å². The topological polar surface area (TPSA) is 15.3 Å². The van der Waals surface area contributed by atoms with Crippen LogP contribution in [0.4, 0.5) is 0 Å². The molecule has 0 radical (unpaired) electrons. The molecule has 18 heavy (non-hydrogen) atoms. The second-order valence-electron chi connectivity index (χ2n) is 7.20. The number of hydrogen-bond donors (Lipinski definition) is 1. The minimum absolute atomic E-state index is 0.735. The summed E-state index contributed by atoms with van der Waals surface area (Å²) < 4.78 is 0. The molecule has 1 saturated heterocycles. The molecule has 4 atom stereocenters. The van der Waals surface area contributed by atoms with Gasteiger partial charge in [-0.1, -0.05) is 19.8 Å². The molecule has 0 aromatic carbocycles. The van der Waals surface area contributed by atoms with Crippen LogP contribution in [-0.4, -0.2) is 36.1 Å². The predicted molar refractivity (Wildman–Crippen MR) is 76.6 cm³/mol. The molecule has 0 aromatic heterocycles. The first-order valence-corrected chi connectivity index (χ1v) is 8.19. The number of piperidine rings is 1. The first kappa shape index (κ1) is 12.9. The van der Waals surface area contributed by atoms with Gasteiger partial charge in [0.25, 0.3) is 0 Å². The summed E-state index contributed by atoms with van der Waals surface area (Å²) in [5.74, 6) is 2.85. The van der Waals surface area contributed by atoms with Gasteiger partial charge in [-0.05, 0) is 50.9 Å². The minimum atomic E-state index is 0.735. The van der Waals surface area contributed by atoms with Gasteiger partial charge in [0.1, 0.15) is 0 Å². The van der Waals surface area contributed by atoms with Crippen LogP contribution in [0.1, 0.15) is 52.9 Å². The fourth-order valence-electron chi connectivity index (χ4n) is 4.32. The van der Waals surface area contributed by atoms with Crippen LogP contribution in [-0.2, 0) is 0 Å². The fourth-order valence-corrected chi connectivity index (χ4v) is 4.32. The van der Waals surface area contributed by atoms with Crippen molar-refractivity contribution in [2.45, 2.75) is 71.0 Å². The molecule has 1 heterocycles. The molecule has 1 aliphatic heterocycles. The first-order valence-electron chi connectivity index (χ1n) is 8.19. The van der Waals surface area contributed by atoms with Crippen molar-refractivity contribution in [3.05, 3.63) is 0 Å². The molecule has 3 aliphatic rings. The van der Waals surface area contributed by atoms with Crippen LogP contribution in [0, 0.1) is 17.8 Å². The molecule has 2 bridgehead atoms. The number of fused-ring (bicyclic) bond motifs is 2. The van der Waals surface area contributed by atoms with Crippen LogP contribution < -0.4 is 5.32 Å². The van der Waals surface area contributed by atoms with Gasteiger partial charge in [-0.3, -0.25) is 0 Å². The third-order valence-electron chi connectivity index (χ3n) is 5.69. The van der Waals surface area contributed by atoms with Gasteiger partial charge in [-0.2, -0.15) is 0 Å². The van der Waals surface area contributed by atoms with Gasteiger partial charge in [0.05, 0.1) is 0 Å². The summed E-state index contributed by atoms with van der Waals surface area (Å²) in [6.45, 7) is 9.74. The molecule has 0 aromatic rings. The Morgan fingerprint density at radius 3 is 2.33 bits per heavy atom. The maximum absolute atomic E-state index is 4.03. The Bertz CT molecular complexity index is 275. The summed E-state index contributed by atoms with van der Waals surface area (Å²) in [6, 6.07) is 2.45. The second kappa shape index (κ2) is 5.13. The molecule has 104 valence electrons. The highest BCUT2D eigenvalue weighted by Gasteiger charge is 2.44. The van der Waals surface area contributed by atoms with E-state index in [0.717, 1.165) is 35.9 Å². The van der Waals surface area contributed by atoms with E-state index in [1.807, 2.05) is 0 Å². The Morgan fingerprint density at radius 2 is 1.83 bits per heavy atom. The first-order chi connectivity index (χ1) is 8.69. The third kappa shape index (κ3) is 2.46. The lowest BCUT2D eigenvalue weighted by Gasteiger charge is -2.49. The van der Waals surface area contributed by atoms with E-state index in [1.54, 1.807) is 0 Å². The monoisotopic (exact) mass is 250 g/mol. The summed E-state index contributed by atoms with van der Waals surface area (Å²) in [6.07, 6.45) is 7.21. The fraction of sp³-hybridized carbons (Fsp3) is 1.00. The largest absolute Gasteiger partial charge is 0.310 e. The highest BCUT2D eigenvalue weighted by atomic mass is 15.2. The van der Waals surface area contributed by atoms with Crippen molar-refractivity contribution in [2.24, 2.45) is 17.8 Å². The third-order valence-corrected chi connectivity index (χ3v) is 5.69. The van der Waals surface area contributed by atoms with Crippen LogP contribution in [0.15, 0.2) is 0 Å². The number of rotatable bonds is 4. The van der Waals surface area contributed by atoms with Crippen molar-refractivity contribution in [2.75, 3.05) is 13.1 Å². The summed E-state index contributed by atoms with van der Waals surface area (Å²) in [4.78, 5) is 2.72. The van der Waals surface area contributed by atoms with Gasteiger partial charge in [0.15, 0.2) is 0 Å². The van der Waals surface area contributed by atoms with Gasteiger partial charge in [0, 0.05) is 31.2 Å². The molecule has 2 aliphatic carbocycles. The van der Waals surface area contributed by atoms with Gasteiger partial charge in [-0.15, -0.1) is 0 Å². The smallest absolute Gasteiger partial charge is 0.0151 e. The summed E-state index contributed by atoms with van der Waals surface area (Å²) in [5.41, 5.74) is 0. The van der Waals surface area contributed by atoms with Crippen molar-refractivity contribution in [1.82, 2.24) is 10.2 Å². The zero-order valence-corrected chi connectivity index (χ0v) is 12.4. The lowest BCUT2D eigenvalue weighted by Crippen LogP contribution is -2.58. The van der Waals surface area contributed by atoms with E-state index in [1.165, 1.54) is 45.2 Å². The van der Waals surface area contributed by atoms with Gasteiger partial charge >= 0.3 is 0 Å². The summed E-state index contributed by atoms with van der Waals surface area (Å²) in [5, 5.41) is 4.03. The lowest BCUT2D eigenvalue weighted by molar-refractivity contribution is 0.0284. The molecule has 3 rings (SSSR count). The standard InChI is InChI=1S/C16H30N2/c1-4-12-8-15(12)17-16-13-6-5-7-14(16)10-18(9-13)11(2)3/h11-17H,4-10H2,1-3H3. The van der Waals surface area contributed by atoms with Crippen LogP contribution in [0.3, 0.4) is 0 Å². The highest BCUT2D eigenvalue weighted by molar-refractivity contribution is 5.01. The Balaban J connectivity index is 1.61. The predicted octanol–water partition coefficient (Wildman–Crippen LogP) is 2.88. The number of nitrogens with zero attached hydrogens (tertiary/aromatic N) is 1. The minimum Gasteiger partial charge on any atom is -0.310 e. The molecule has 1 N–H and O–H groups in total. The molecule has 4 unspecified atom stereocenters. The average molecular weight is 250 g/mol. The Hall–Kier alpha value is -0.0800. The van der Waals surface area contributed by atoms with Crippen LogP contribution in [0.25, 0.3) is 0 Å². The molecule has 0 spiro atoms. The maximum Gasteiger partial charge on any atom is 0.0151 e. The van der Waals surface area contributed by atoms with E-state index in [-0.39, 0.29) is 0 Å². The van der Waals surface area contributed by atoms with Crippen molar-refractivity contribution in [3.8, 4) is 0 Å². The van der Waals surface area contributed by atoms with E-state index >= 15 is 0 Å². The number of hydrogen-bond acceptors (Lipinski definition) is 2. The van der Waals surface area contributed by atoms with E-state index in [2.05, 4.69) is 31.0 Å². The van der Waals surface area contributed by atoms with Crippen molar-refractivity contribution in [3.63, 3.8) is 0 Å². The van der Waals surface area contributed by atoms with Crippen molar-refractivity contribution in [1.29, 1.82) is 0 Å². The van der Waals surface area contributed by atoms with Crippen LogP contribution in [0.5, 0.6) is 0 Å². The van der Waals surface area contributed by atoms with E-state index in [0.29, 0.717) is 0 Å². The normalized spacial score (nSPS) is 44.3. The summed E-state index contributed by atoms with van der Waals surface area (Å²) in [7, 11) is 0. The molecule has 0 amide bonds. The summed E-state index contributed by atoms with van der Waals surface area (Å²) >= 11 is 0. The Kier molecular flexibility index (Phi) is 3.68. The SMILES string of the molecule is CCC1CC1NC1C2CCCC1CN(C(C)C)C2. The Morgan fingerprint density at radius 1 is 1.17 bits per heavy atom. The molecular weight excluding hydrogens is 220 g/mol. The average Bonchev–Trinajstić information content (AvgIpc) is 3.06. The zero-order valence-electron chi connectivity index (χ0n) is 12.4. The van der Waals surface area contributed by atoms with Crippen molar-refractivity contribution < 1.29 is 0 Å². The van der Waals surface area contributed by atoms with Crippen molar-refractivity contribution >= 4 is 0 Å². The second-order valence-corrected chi connectivity index (χ2v) is 7.20. The lowest BCUT2D eigenvalue weighted by atomic mass is 9.73. The number of likely N-dealkylation sites (tertiary alicyclic amines) is 1. The zero-order chi connectivity index (χ0) is 12.7. The quantitative estimate of drug-likeness (QED) is 0.825. The highest BCUT2D eigenvalue weighted by Crippen LogP contribution is 2.40. The van der Waals surface area contributed by atoms with Gasteiger partial charge in [0.2, 0.25) is 0 Å². The molecule has 2 heteroatoms. The maximum atomic E-state index is 4.03. The van der Waals surface area contributed by atoms with Gasteiger partial charge in [-0.25, -0.2) is 0 Å². The molecule has 2 saturated carbocycles. The molecule has 2 nitrogen and oxygen atoms in total. The molecular formula is C16H30N2.